The van der Waals surface area contributed by atoms with E-state index in [2.05, 4.69) is 13.8 Å². The summed E-state index contributed by atoms with van der Waals surface area (Å²) in [5.41, 5.74) is 0.343. The van der Waals surface area contributed by atoms with Crippen molar-refractivity contribution in [2.75, 3.05) is 0 Å². The summed E-state index contributed by atoms with van der Waals surface area (Å²) in [7, 11) is -4.42. The molecule has 4 rings (SSSR count). The van der Waals surface area contributed by atoms with Crippen molar-refractivity contribution in [2.24, 2.45) is 34.5 Å². The molecule has 4 fully saturated rings. The van der Waals surface area contributed by atoms with Gasteiger partial charge in [0, 0.05) is 12.3 Å². The molecule has 28 heavy (non-hydrogen) atoms. The van der Waals surface area contributed by atoms with Crippen molar-refractivity contribution in [3.63, 3.8) is 0 Å². The minimum Gasteiger partial charge on any atom is -0.462 e. The normalized spacial score (nSPS) is 48.3. The van der Waals surface area contributed by atoms with Crippen LogP contribution in [0.25, 0.3) is 0 Å². The number of esters is 1. The van der Waals surface area contributed by atoms with E-state index in [1.165, 1.54) is 19.8 Å². The van der Waals surface area contributed by atoms with Gasteiger partial charge in [0.05, 0.1) is 6.10 Å². The number of hydrogen-bond donors (Lipinski definition) is 2. The molecule has 160 valence electrons. The number of hydrogen-bond acceptors (Lipinski definition) is 4. The fourth-order valence-electron chi connectivity index (χ4n) is 7.85. The number of phosphoric ester groups is 1. The smallest absolute Gasteiger partial charge is 0.462 e. The summed E-state index contributed by atoms with van der Waals surface area (Å²) < 4.78 is 22.1. The summed E-state index contributed by atoms with van der Waals surface area (Å²) in [6, 6.07) is 0. The Labute approximate surface area is 168 Å². The van der Waals surface area contributed by atoms with E-state index in [0.717, 1.165) is 44.9 Å². The Balaban J connectivity index is 1.50. The molecule has 6 nitrogen and oxygen atoms in total. The van der Waals surface area contributed by atoms with Gasteiger partial charge in [0.15, 0.2) is 0 Å². The Bertz CT molecular complexity index is 676. The molecule has 4 saturated carbocycles. The van der Waals surface area contributed by atoms with E-state index in [9.17, 15) is 19.1 Å². The molecule has 0 aromatic heterocycles. The van der Waals surface area contributed by atoms with Crippen molar-refractivity contribution < 1.29 is 28.4 Å². The minimum absolute atomic E-state index is 0.0638. The van der Waals surface area contributed by atoms with Crippen molar-refractivity contribution in [1.82, 2.24) is 0 Å². The molecular formula is C21H35O6P. The monoisotopic (exact) mass is 414 g/mol. The van der Waals surface area contributed by atoms with Crippen molar-refractivity contribution in [1.29, 1.82) is 0 Å². The molecule has 8 atom stereocenters. The molecule has 0 saturated heterocycles. The Kier molecular flexibility index (Phi) is 5.27. The molecule has 7 heteroatoms. The number of phosphoric acid groups is 1. The average Bonchev–Trinajstić information content (AvgIpc) is 2.90. The van der Waals surface area contributed by atoms with E-state index in [0.29, 0.717) is 23.7 Å². The van der Waals surface area contributed by atoms with Crippen LogP contribution in [0.5, 0.6) is 0 Å². The van der Waals surface area contributed by atoms with Crippen LogP contribution in [0, 0.1) is 34.5 Å². The van der Waals surface area contributed by atoms with Crippen LogP contribution in [0.15, 0.2) is 0 Å². The highest BCUT2D eigenvalue weighted by atomic mass is 31.2. The van der Waals surface area contributed by atoms with Gasteiger partial charge >= 0.3 is 13.8 Å². The van der Waals surface area contributed by atoms with Gasteiger partial charge in [-0.3, -0.25) is 9.32 Å². The predicted octanol–water partition coefficient (Wildman–Crippen LogP) is 4.44. The molecule has 0 aliphatic heterocycles. The van der Waals surface area contributed by atoms with Crippen LogP contribution in [-0.2, 0) is 18.6 Å². The second kappa shape index (κ2) is 7.08. The van der Waals surface area contributed by atoms with Gasteiger partial charge in [-0.2, -0.15) is 0 Å². The van der Waals surface area contributed by atoms with E-state index >= 15 is 0 Å². The third-order valence-electron chi connectivity index (χ3n) is 9.13. The zero-order chi connectivity index (χ0) is 20.3. The van der Waals surface area contributed by atoms with Crippen molar-refractivity contribution in [2.45, 2.75) is 90.8 Å². The Morgan fingerprint density at radius 2 is 1.64 bits per heavy atom. The zero-order valence-corrected chi connectivity index (χ0v) is 18.2. The maximum absolute atomic E-state index is 11.6. The first kappa shape index (κ1) is 20.8. The van der Waals surface area contributed by atoms with Crippen LogP contribution < -0.4 is 0 Å². The summed E-state index contributed by atoms with van der Waals surface area (Å²) in [5.74, 6) is 2.29. The first-order chi connectivity index (χ1) is 13.0. The predicted molar refractivity (Wildman–Crippen MR) is 104 cm³/mol. The lowest BCUT2D eigenvalue weighted by Crippen LogP contribution is -2.54. The largest absolute Gasteiger partial charge is 0.469 e. The van der Waals surface area contributed by atoms with Gasteiger partial charge in [-0.15, -0.1) is 0 Å². The molecule has 4 aliphatic rings. The molecule has 0 spiro atoms. The van der Waals surface area contributed by atoms with E-state index < -0.39 is 7.82 Å². The topological polar surface area (TPSA) is 93.1 Å². The average molecular weight is 414 g/mol. The number of ether oxygens (including phenoxy) is 1. The summed E-state index contributed by atoms with van der Waals surface area (Å²) in [6.07, 6.45) is 8.96. The van der Waals surface area contributed by atoms with E-state index in [4.69, 9.17) is 9.26 Å². The molecule has 2 N–H and O–H groups in total. The lowest BCUT2D eigenvalue weighted by molar-refractivity contribution is -0.162. The summed E-state index contributed by atoms with van der Waals surface area (Å²) in [6.45, 7) is 6.28. The van der Waals surface area contributed by atoms with Crippen LogP contribution in [0.4, 0.5) is 0 Å². The maximum Gasteiger partial charge on any atom is 0.469 e. The zero-order valence-electron chi connectivity index (χ0n) is 17.3. The number of fused-ring (bicyclic) bond motifs is 5. The molecule has 0 bridgehead atoms. The molecule has 0 aromatic rings. The maximum atomic E-state index is 11.6. The van der Waals surface area contributed by atoms with Crippen molar-refractivity contribution in [3.8, 4) is 0 Å². The number of rotatable bonds is 3. The minimum atomic E-state index is -4.42. The van der Waals surface area contributed by atoms with E-state index in [1.807, 2.05) is 0 Å². The van der Waals surface area contributed by atoms with Crippen LogP contribution in [0.1, 0.15) is 78.6 Å². The quantitative estimate of drug-likeness (QED) is 0.524. The third-order valence-corrected chi connectivity index (χ3v) is 9.70. The molecular weight excluding hydrogens is 379 g/mol. The second-order valence-corrected chi connectivity index (χ2v) is 11.6. The first-order valence-corrected chi connectivity index (χ1v) is 12.5. The highest BCUT2D eigenvalue weighted by Crippen LogP contribution is 2.67. The van der Waals surface area contributed by atoms with Crippen LogP contribution in [0.3, 0.4) is 0 Å². The highest BCUT2D eigenvalue weighted by Gasteiger charge is 2.61. The van der Waals surface area contributed by atoms with Gasteiger partial charge < -0.3 is 14.5 Å². The highest BCUT2D eigenvalue weighted by molar-refractivity contribution is 7.46. The summed E-state index contributed by atoms with van der Waals surface area (Å²) in [4.78, 5) is 30.0. The van der Waals surface area contributed by atoms with Gasteiger partial charge in [0.1, 0.15) is 6.10 Å². The van der Waals surface area contributed by atoms with Gasteiger partial charge in [0.2, 0.25) is 0 Å². The standard InChI is InChI=1S/C21H35O6P/c1-13(22)26-19-7-6-17-16-5-4-14-12-15(27-28(23,24)25)8-10-20(14,2)18(16)9-11-21(17,19)3/h14-19H,4-12H2,1-3H3,(H2,23,24,25)/t14-,15-,16+,17+,18+,19+,20+,21+/m1/s1. The molecule has 0 radical (unpaired) electrons. The summed E-state index contributed by atoms with van der Waals surface area (Å²) >= 11 is 0. The Morgan fingerprint density at radius 3 is 2.32 bits per heavy atom. The Morgan fingerprint density at radius 1 is 0.964 bits per heavy atom. The van der Waals surface area contributed by atoms with Crippen LogP contribution in [-0.4, -0.2) is 28.0 Å². The molecule has 0 amide bonds. The van der Waals surface area contributed by atoms with E-state index in [-0.39, 0.29) is 29.0 Å². The lowest BCUT2D eigenvalue weighted by atomic mass is 9.45. The van der Waals surface area contributed by atoms with Gasteiger partial charge in [-0.25, -0.2) is 4.57 Å². The van der Waals surface area contributed by atoms with Gasteiger partial charge in [-0.1, -0.05) is 13.8 Å². The molecule has 0 unspecified atom stereocenters. The fourth-order valence-corrected chi connectivity index (χ4v) is 8.43. The SMILES string of the molecule is CC(=O)O[C@H]1CC[C@H]2[C@@H]3CC[C@@H]4C[C@H](OP(=O)(O)O)CC[C@]4(C)[C@H]3CC[C@]12C. The van der Waals surface area contributed by atoms with Crippen LogP contribution >= 0.6 is 7.82 Å². The molecule has 4 aliphatic carbocycles. The lowest BCUT2D eigenvalue weighted by Gasteiger charge is -2.60. The number of carbonyl (C=O) groups excluding carboxylic acids is 1. The number of carbonyl (C=O) groups is 1. The van der Waals surface area contributed by atoms with Crippen molar-refractivity contribution >= 4 is 13.8 Å². The van der Waals surface area contributed by atoms with Gasteiger partial charge in [0.25, 0.3) is 0 Å². The summed E-state index contributed by atoms with van der Waals surface area (Å²) in [5, 5.41) is 0. The van der Waals surface area contributed by atoms with E-state index in [1.54, 1.807) is 0 Å². The third kappa shape index (κ3) is 3.49. The van der Waals surface area contributed by atoms with Crippen LogP contribution in [0.2, 0.25) is 0 Å². The second-order valence-electron chi connectivity index (χ2n) is 10.4. The molecule has 0 aromatic carbocycles. The van der Waals surface area contributed by atoms with Crippen molar-refractivity contribution in [3.05, 3.63) is 0 Å². The molecule has 0 heterocycles. The first-order valence-electron chi connectivity index (χ1n) is 10.9. The van der Waals surface area contributed by atoms with Gasteiger partial charge in [-0.05, 0) is 86.9 Å². The Hall–Kier alpha value is -0.420. The fraction of sp³-hybridized carbons (Fsp3) is 0.952.